The summed E-state index contributed by atoms with van der Waals surface area (Å²) in [7, 11) is 0. The maximum atomic E-state index is 3.65. The number of hydrogen-bond donors (Lipinski definition) is 1. The first-order valence-electron chi connectivity index (χ1n) is 8.22. The smallest absolute Gasteiger partial charge is 0.0338 e. The van der Waals surface area contributed by atoms with Gasteiger partial charge in [0, 0.05) is 31.7 Å². The minimum Gasteiger partial charge on any atom is -0.314 e. The number of rotatable bonds is 2. The van der Waals surface area contributed by atoms with Crippen LogP contribution in [-0.2, 0) is 6.54 Å². The highest BCUT2D eigenvalue weighted by Crippen LogP contribution is 2.35. The normalized spacial score (nSPS) is 23.1. The Labute approximate surface area is 123 Å². The minimum absolute atomic E-state index is 0.437. The molecule has 0 bridgehead atoms. The average molecular weight is 272 g/mol. The number of piperazine rings is 1. The molecule has 2 aliphatic rings. The Kier molecular flexibility index (Phi) is 4.13. The third-order valence-corrected chi connectivity index (χ3v) is 5.33. The van der Waals surface area contributed by atoms with E-state index in [4.69, 9.17) is 0 Å². The van der Waals surface area contributed by atoms with E-state index in [1.54, 1.807) is 0 Å². The van der Waals surface area contributed by atoms with E-state index in [2.05, 4.69) is 42.3 Å². The van der Waals surface area contributed by atoms with Crippen molar-refractivity contribution in [1.29, 1.82) is 0 Å². The zero-order valence-corrected chi connectivity index (χ0v) is 13.0. The fourth-order valence-corrected chi connectivity index (χ4v) is 4.01. The molecular formula is C18H28N2. The monoisotopic (exact) mass is 272 g/mol. The van der Waals surface area contributed by atoms with Crippen LogP contribution in [0.2, 0.25) is 0 Å². The number of hydrogen-bond acceptors (Lipinski definition) is 2. The highest BCUT2D eigenvalue weighted by Gasteiger charge is 2.39. The van der Waals surface area contributed by atoms with Gasteiger partial charge in [-0.1, -0.05) is 43.0 Å². The number of aryl methyl sites for hydroxylation is 2. The van der Waals surface area contributed by atoms with Gasteiger partial charge < -0.3 is 5.32 Å². The first kappa shape index (κ1) is 14.1. The van der Waals surface area contributed by atoms with Crippen molar-refractivity contribution in [3.63, 3.8) is 0 Å². The lowest BCUT2D eigenvalue weighted by molar-refractivity contribution is 0.0207. The van der Waals surface area contributed by atoms with E-state index >= 15 is 0 Å². The third kappa shape index (κ3) is 2.77. The van der Waals surface area contributed by atoms with E-state index < -0.39 is 0 Å². The van der Waals surface area contributed by atoms with Gasteiger partial charge in [-0.25, -0.2) is 0 Å². The minimum atomic E-state index is 0.437. The fourth-order valence-electron chi connectivity index (χ4n) is 4.01. The predicted octanol–water partition coefficient (Wildman–Crippen LogP) is 3.41. The van der Waals surface area contributed by atoms with Gasteiger partial charge in [-0.2, -0.15) is 0 Å². The van der Waals surface area contributed by atoms with E-state index in [9.17, 15) is 0 Å². The van der Waals surface area contributed by atoms with Crippen LogP contribution in [0.4, 0.5) is 0 Å². The molecule has 1 aromatic rings. The summed E-state index contributed by atoms with van der Waals surface area (Å²) in [5.74, 6) is 0. The van der Waals surface area contributed by atoms with Crippen molar-refractivity contribution in [3.8, 4) is 0 Å². The second kappa shape index (κ2) is 5.87. The van der Waals surface area contributed by atoms with Gasteiger partial charge >= 0.3 is 0 Å². The van der Waals surface area contributed by atoms with Crippen LogP contribution >= 0.6 is 0 Å². The van der Waals surface area contributed by atoms with Crippen molar-refractivity contribution in [3.05, 3.63) is 34.9 Å². The van der Waals surface area contributed by atoms with Gasteiger partial charge in [-0.15, -0.1) is 0 Å². The Morgan fingerprint density at radius 3 is 2.75 bits per heavy atom. The van der Waals surface area contributed by atoms with Gasteiger partial charge in [-0.05, 0) is 37.8 Å². The molecule has 2 heteroatoms. The van der Waals surface area contributed by atoms with Gasteiger partial charge in [0.25, 0.3) is 0 Å². The second-order valence-corrected chi connectivity index (χ2v) is 6.81. The van der Waals surface area contributed by atoms with Gasteiger partial charge in [0.2, 0.25) is 0 Å². The fraction of sp³-hybridized carbons (Fsp3) is 0.667. The lowest BCUT2D eigenvalue weighted by Crippen LogP contribution is -2.61. The molecule has 0 radical (unpaired) electrons. The number of nitrogens with zero attached hydrogens (tertiary/aromatic N) is 1. The van der Waals surface area contributed by atoms with Crippen molar-refractivity contribution in [2.75, 3.05) is 19.6 Å². The summed E-state index contributed by atoms with van der Waals surface area (Å²) < 4.78 is 0. The van der Waals surface area contributed by atoms with Crippen LogP contribution in [0.25, 0.3) is 0 Å². The van der Waals surface area contributed by atoms with Crippen LogP contribution < -0.4 is 5.32 Å². The molecule has 0 amide bonds. The molecule has 1 aliphatic heterocycles. The van der Waals surface area contributed by atoms with E-state index in [0.29, 0.717) is 5.54 Å². The van der Waals surface area contributed by atoms with E-state index in [0.717, 1.165) is 13.1 Å². The Morgan fingerprint density at radius 2 is 1.95 bits per heavy atom. The van der Waals surface area contributed by atoms with Gasteiger partial charge in [0.15, 0.2) is 0 Å². The molecule has 1 saturated heterocycles. The van der Waals surface area contributed by atoms with E-state index in [1.807, 2.05) is 0 Å². The molecule has 3 rings (SSSR count). The standard InChI is InChI=1S/C18H28N2/c1-15-6-7-16(2)17(12-15)13-20-11-10-19-14-18(20)8-4-3-5-9-18/h6-7,12,19H,3-5,8-11,13-14H2,1-2H3. The summed E-state index contributed by atoms with van der Waals surface area (Å²) in [6.45, 7) is 9.13. The lowest BCUT2D eigenvalue weighted by Gasteiger charge is -2.50. The number of nitrogens with one attached hydrogen (secondary N) is 1. The van der Waals surface area contributed by atoms with Gasteiger partial charge in [-0.3, -0.25) is 4.90 Å². The molecule has 1 aliphatic carbocycles. The maximum Gasteiger partial charge on any atom is 0.0338 e. The predicted molar refractivity (Wildman–Crippen MR) is 85.0 cm³/mol. The quantitative estimate of drug-likeness (QED) is 0.887. The van der Waals surface area contributed by atoms with Crippen LogP contribution in [0.15, 0.2) is 18.2 Å². The van der Waals surface area contributed by atoms with Crippen molar-refractivity contribution in [1.82, 2.24) is 10.2 Å². The highest BCUT2D eigenvalue weighted by atomic mass is 15.3. The molecule has 0 unspecified atom stereocenters. The summed E-state index contributed by atoms with van der Waals surface area (Å²) in [6.07, 6.45) is 7.00. The Bertz CT molecular complexity index is 452. The van der Waals surface area contributed by atoms with Crippen molar-refractivity contribution in [2.24, 2.45) is 0 Å². The van der Waals surface area contributed by atoms with Crippen LogP contribution in [-0.4, -0.2) is 30.1 Å². The van der Waals surface area contributed by atoms with Crippen molar-refractivity contribution < 1.29 is 0 Å². The van der Waals surface area contributed by atoms with Crippen LogP contribution in [0.3, 0.4) is 0 Å². The zero-order valence-electron chi connectivity index (χ0n) is 13.0. The maximum absolute atomic E-state index is 3.65. The molecule has 1 saturated carbocycles. The molecule has 110 valence electrons. The largest absolute Gasteiger partial charge is 0.314 e. The molecule has 1 heterocycles. The summed E-state index contributed by atoms with van der Waals surface area (Å²) in [5.41, 5.74) is 4.79. The third-order valence-electron chi connectivity index (χ3n) is 5.33. The molecule has 1 N–H and O–H groups in total. The summed E-state index contributed by atoms with van der Waals surface area (Å²) >= 11 is 0. The topological polar surface area (TPSA) is 15.3 Å². The molecule has 0 atom stereocenters. The van der Waals surface area contributed by atoms with Crippen LogP contribution in [0.1, 0.15) is 48.8 Å². The number of benzene rings is 1. The van der Waals surface area contributed by atoms with Gasteiger partial charge in [0.05, 0.1) is 0 Å². The molecule has 20 heavy (non-hydrogen) atoms. The second-order valence-electron chi connectivity index (χ2n) is 6.81. The van der Waals surface area contributed by atoms with E-state index in [-0.39, 0.29) is 0 Å². The van der Waals surface area contributed by atoms with Crippen molar-refractivity contribution in [2.45, 2.75) is 58.0 Å². The summed E-state index contributed by atoms with van der Waals surface area (Å²) in [4.78, 5) is 2.78. The van der Waals surface area contributed by atoms with E-state index in [1.165, 1.54) is 61.9 Å². The van der Waals surface area contributed by atoms with Crippen LogP contribution in [0.5, 0.6) is 0 Å². The highest BCUT2D eigenvalue weighted by molar-refractivity contribution is 5.30. The zero-order chi connectivity index (χ0) is 14.0. The summed E-state index contributed by atoms with van der Waals surface area (Å²) in [6, 6.07) is 6.89. The molecule has 1 aromatic carbocycles. The average Bonchev–Trinajstić information content (AvgIpc) is 2.46. The molecule has 2 fully saturated rings. The molecular weight excluding hydrogens is 244 g/mol. The molecule has 2 nitrogen and oxygen atoms in total. The lowest BCUT2D eigenvalue weighted by atomic mass is 9.78. The van der Waals surface area contributed by atoms with Crippen molar-refractivity contribution >= 4 is 0 Å². The first-order chi connectivity index (χ1) is 9.70. The molecule has 1 spiro atoms. The molecule has 0 aromatic heterocycles. The Balaban J connectivity index is 1.81. The Morgan fingerprint density at radius 1 is 1.15 bits per heavy atom. The SMILES string of the molecule is Cc1ccc(C)c(CN2CCNCC23CCCCC3)c1. The van der Waals surface area contributed by atoms with Crippen LogP contribution in [0, 0.1) is 13.8 Å². The Hall–Kier alpha value is -0.860. The van der Waals surface area contributed by atoms with Gasteiger partial charge in [0.1, 0.15) is 0 Å². The first-order valence-corrected chi connectivity index (χ1v) is 8.22. The summed E-state index contributed by atoms with van der Waals surface area (Å²) in [5, 5.41) is 3.65.